The van der Waals surface area contributed by atoms with Crippen LogP contribution in [0.5, 0.6) is 11.5 Å². The quantitative estimate of drug-likeness (QED) is 0.466. The van der Waals surface area contributed by atoms with Gasteiger partial charge in [0.05, 0.1) is 18.3 Å². The average molecular weight is 368 g/mol. The number of ether oxygens (including phenoxy) is 2. The number of nitrogens with zero attached hydrogens (tertiary/aromatic N) is 1. The van der Waals surface area contributed by atoms with E-state index in [0.29, 0.717) is 22.1 Å². The SMILES string of the molecule is COc1ccc(C=NNC(N)=S)cc1OCc1ccc(F)cc1Cl. The highest BCUT2D eigenvalue weighted by Gasteiger charge is 2.08. The Morgan fingerprint density at radius 2 is 2.12 bits per heavy atom. The highest BCUT2D eigenvalue weighted by atomic mass is 35.5. The van der Waals surface area contributed by atoms with Gasteiger partial charge in [-0.2, -0.15) is 5.10 Å². The number of nitrogens with one attached hydrogen (secondary N) is 1. The number of benzene rings is 2. The normalized spacial score (nSPS) is 10.6. The molecule has 0 saturated carbocycles. The second-order valence-corrected chi connectivity index (χ2v) is 5.52. The van der Waals surface area contributed by atoms with Crippen LogP contribution in [0.3, 0.4) is 0 Å². The Morgan fingerprint density at radius 1 is 1.33 bits per heavy atom. The summed E-state index contributed by atoms with van der Waals surface area (Å²) >= 11 is 10.7. The van der Waals surface area contributed by atoms with E-state index in [2.05, 4.69) is 22.7 Å². The molecule has 2 rings (SSSR count). The van der Waals surface area contributed by atoms with E-state index in [1.807, 2.05) is 0 Å². The summed E-state index contributed by atoms with van der Waals surface area (Å²) < 4.78 is 24.1. The van der Waals surface area contributed by atoms with Crippen molar-refractivity contribution >= 4 is 35.1 Å². The van der Waals surface area contributed by atoms with E-state index in [9.17, 15) is 4.39 Å². The summed E-state index contributed by atoms with van der Waals surface area (Å²) in [6.45, 7) is 0.168. The molecule has 0 aliphatic rings. The van der Waals surface area contributed by atoms with Gasteiger partial charge < -0.3 is 15.2 Å². The molecule has 0 saturated heterocycles. The summed E-state index contributed by atoms with van der Waals surface area (Å²) in [6.07, 6.45) is 1.54. The van der Waals surface area contributed by atoms with Gasteiger partial charge in [0.2, 0.25) is 0 Å². The molecule has 0 aliphatic heterocycles. The molecule has 0 unspecified atom stereocenters. The molecule has 8 heteroatoms. The maximum absolute atomic E-state index is 13.1. The van der Waals surface area contributed by atoms with Crippen LogP contribution in [0.25, 0.3) is 0 Å². The summed E-state index contributed by atoms with van der Waals surface area (Å²) in [5.41, 5.74) is 9.17. The molecule has 0 radical (unpaired) electrons. The number of methoxy groups -OCH3 is 1. The number of hydrazone groups is 1. The molecule has 0 aromatic heterocycles. The fraction of sp³-hybridized carbons (Fsp3) is 0.125. The summed E-state index contributed by atoms with van der Waals surface area (Å²) in [7, 11) is 1.54. The first kappa shape index (κ1) is 18.0. The summed E-state index contributed by atoms with van der Waals surface area (Å²) in [5, 5.41) is 4.25. The Bertz CT molecular complexity index is 771. The highest BCUT2D eigenvalue weighted by Crippen LogP contribution is 2.29. The van der Waals surface area contributed by atoms with Crippen LogP contribution in [0.2, 0.25) is 5.02 Å². The van der Waals surface area contributed by atoms with Gasteiger partial charge in [-0.3, -0.25) is 5.43 Å². The van der Waals surface area contributed by atoms with Crippen LogP contribution < -0.4 is 20.6 Å². The summed E-state index contributed by atoms with van der Waals surface area (Å²) in [4.78, 5) is 0. The van der Waals surface area contributed by atoms with Crippen molar-refractivity contribution < 1.29 is 13.9 Å². The third kappa shape index (κ3) is 5.07. The highest BCUT2D eigenvalue weighted by molar-refractivity contribution is 7.80. The minimum atomic E-state index is -0.398. The fourth-order valence-electron chi connectivity index (χ4n) is 1.85. The average Bonchev–Trinajstić information content (AvgIpc) is 2.54. The first-order valence-corrected chi connectivity index (χ1v) is 7.61. The Morgan fingerprint density at radius 3 is 2.79 bits per heavy atom. The molecular weight excluding hydrogens is 353 g/mol. The molecule has 0 heterocycles. The Kier molecular flexibility index (Phi) is 6.34. The van der Waals surface area contributed by atoms with Crippen molar-refractivity contribution in [3.05, 3.63) is 58.4 Å². The van der Waals surface area contributed by atoms with Crippen molar-refractivity contribution in [2.24, 2.45) is 10.8 Å². The van der Waals surface area contributed by atoms with E-state index >= 15 is 0 Å². The first-order valence-electron chi connectivity index (χ1n) is 6.83. The Labute approximate surface area is 149 Å². The zero-order chi connectivity index (χ0) is 17.5. The summed E-state index contributed by atoms with van der Waals surface area (Å²) in [5.74, 6) is 0.648. The van der Waals surface area contributed by atoms with Gasteiger partial charge in [0, 0.05) is 5.56 Å². The smallest absolute Gasteiger partial charge is 0.184 e. The third-order valence-electron chi connectivity index (χ3n) is 2.97. The predicted octanol–water partition coefficient (Wildman–Crippen LogP) is 3.23. The molecule has 126 valence electrons. The monoisotopic (exact) mass is 367 g/mol. The van der Waals surface area contributed by atoms with Crippen LogP contribution in [0, 0.1) is 5.82 Å². The van der Waals surface area contributed by atoms with Crippen molar-refractivity contribution in [2.75, 3.05) is 7.11 Å². The molecular formula is C16H15ClFN3O2S. The molecule has 2 aromatic rings. The Balaban J connectivity index is 2.15. The molecule has 0 amide bonds. The predicted molar refractivity (Wildman–Crippen MR) is 96.3 cm³/mol. The number of rotatable bonds is 6. The molecule has 0 spiro atoms. The standard InChI is InChI=1S/C16H15ClFN3O2S/c1-22-14-5-2-10(8-20-21-16(19)24)6-15(14)23-9-11-3-4-12(18)7-13(11)17/h2-8H,9H2,1H3,(H3,19,21,24). The largest absolute Gasteiger partial charge is 0.493 e. The lowest BCUT2D eigenvalue weighted by molar-refractivity contribution is 0.284. The maximum atomic E-state index is 13.1. The number of thiocarbonyl (C=S) groups is 1. The molecule has 5 nitrogen and oxygen atoms in total. The van der Waals surface area contributed by atoms with Gasteiger partial charge >= 0.3 is 0 Å². The topological polar surface area (TPSA) is 68.9 Å². The van der Waals surface area contributed by atoms with Crippen molar-refractivity contribution in [2.45, 2.75) is 6.61 Å². The fourth-order valence-corrected chi connectivity index (χ4v) is 2.13. The molecule has 0 fully saturated rings. The number of halogens is 2. The zero-order valence-electron chi connectivity index (χ0n) is 12.8. The lowest BCUT2D eigenvalue weighted by atomic mass is 10.2. The van der Waals surface area contributed by atoms with E-state index in [1.54, 1.807) is 24.3 Å². The van der Waals surface area contributed by atoms with Crippen molar-refractivity contribution in [3.63, 3.8) is 0 Å². The van der Waals surface area contributed by atoms with Gasteiger partial charge in [0.15, 0.2) is 16.6 Å². The molecule has 0 atom stereocenters. The van der Waals surface area contributed by atoms with Crippen LogP contribution >= 0.6 is 23.8 Å². The molecule has 2 aromatic carbocycles. The zero-order valence-corrected chi connectivity index (χ0v) is 14.3. The minimum absolute atomic E-state index is 0.0715. The third-order valence-corrected chi connectivity index (χ3v) is 3.42. The van der Waals surface area contributed by atoms with E-state index in [0.717, 1.165) is 5.56 Å². The van der Waals surface area contributed by atoms with Gasteiger partial charge in [-0.15, -0.1) is 0 Å². The second-order valence-electron chi connectivity index (χ2n) is 4.67. The van der Waals surface area contributed by atoms with Gasteiger partial charge in [-0.05, 0) is 48.1 Å². The van der Waals surface area contributed by atoms with Gasteiger partial charge in [-0.1, -0.05) is 17.7 Å². The lowest BCUT2D eigenvalue weighted by Crippen LogP contribution is -2.23. The first-order chi connectivity index (χ1) is 11.5. The molecule has 3 N–H and O–H groups in total. The van der Waals surface area contributed by atoms with E-state index in [1.165, 1.54) is 25.5 Å². The summed E-state index contributed by atoms with van der Waals surface area (Å²) in [6, 6.07) is 9.40. The van der Waals surface area contributed by atoms with Crippen molar-refractivity contribution in [3.8, 4) is 11.5 Å². The number of hydrogen-bond acceptors (Lipinski definition) is 4. The number of nitrogens with two attached hydrogens (primary N) is 1. The van der Waals surface area contributed by atoms with Crippen LogP contribution in [-0.4, -0.2) is 18.4 Å². The van der Waals surface area contributed by atoms with Crippen LogP contribution in [0.15, 0.2) is 41.5 Å². The minimum Gasteiger partial charge on any atom is -0.493 e. The number of hydrogen-bond donors (Lipinski definition) is 2. The Hall–Kier alpha value is -2.38. The maximum Gasteiger partial charge on any atom is 0.184 e. The van der Waals surface area contributed by atoms with Crippen molar-refractivity contribution in [1.82, 2.24) is 5.43 Å². The van der Waals surface area contributed by atoms with Gasteiger partial charge in [-0.25, -0.2) is 4.39 Å². The van der Waals surface area contributed by atoms with E-state index in [-0.39, 0.29) is 11.7 Å². The van der Waals surface area contributed by atoms with E-state index < -0.39 is 5.82 Å². The van der Waals surface area contributed by atoms with Crippen LogP contribution in [0.1, 0.15) is 11.1 Å². The van der Waals surface area contributed by atoms with Gasteiger partial charge in [0.25, 0.3) is 0 Å². The van der Waals surface area contributed by atoms with Crippen LogP contribution in [0.4, 0.5) is 4.39 Å². The second kappa shape index (κ2) is 8.47. The van der Waals surface area contributed by atoms with Crippen LogP contribution in [-0.2, 0) is 6.61 Å². The molecule has 24 heavy (non-hydrogen) atoms. The lowest BCUT2D eigenvalue weighted by Gasteiger charge is -2.12. The van der Waals surface area contributed by atoms with E-state index in [4.69, 9.17) is 26.8 Å². The molecule has 0 bridgehead atoms. The van der Waals surface area contributed by atoms with Gasteiger partial charge in [0.1, 0.15) is 12.4 Å². The van der Waals surface area contributed by atoms with Crippen molar-refractivity contribution in [1.29, 1.82) is 0 Å². The molecule has 0 aliphatic carbocycles.